The molecular formula is C104H121Br2Cl6N15Na2O15S2. The maximum atomic E-state index is 12.7. The van der Waals surface area contributed by atoms with E-state index in [1.54, 1.807) is 42.9 Å². The van der Waals surface area contributed by atoms with Crippen molar-refractivity contribution in [2.24, 2.45) is 58.4 Å². The Kier molecular flexibility index (Phi) is 61.7. The molecule has 20 rings (SSSR count). The van der Waals surface area contributed by atoms with Gasteiger partial charge in [-0.2, -0.15) is 0 Å². The van der Waals surface area contributed by atoms with Crippen LogP contribution in [0, 0.1) is 83.4 Å². The Morgan fingerprint density at radius 1 is 0.479 bits per heavy atom. The maximum Gasteiger partial charge on any atom is 1.00 e. The third-order valence-electron chi connectivity index (χ3n) is 23.5. The molecule has 772 valence electrons. The molecule has 6 N–H and O–H groups in total. The molecule has 2 saturated carbocycles. The van der Waals surface area contributed by atoms with Crippen LogP contribution >= 0.6 is 101 Å². The van der Waals surface area contributed by atoms with Crippen LogP contribution < -0.4 is 103 Å². The predicted octanol–water partition coefficient (Wildman–Crippen LogP) is 12.0. The Hall–Kier alpha value is -8.98. The fourth-order valence-electron chi connectivity index (χ4n) is 15.9. The zero-order valence-corrected chi connectivity index (χ0v) is 96.6. The molecule has 8 atom stereocenters. The SMILES string of the molecule is C#Cc1ccccn1.CC1CC/C(=N/O)C1.CC1CCC(=O)C1.CC1CCC(=O)NC1.CC1CCNC(=O)C1.CC1CCc2nc3cc(Br)ccc3c(=O)n2C1.CC1CCc2nc3cc(C#Cc4ccccn4)ccc3c(=O)n2C1.CC1CCn2c(nc3cc(Br)ccc3c2=O)C1.CC1CCn2c(nc3cc(C#Cc4ccccn4)ccc3c2=O)C1.Cl.Cl.Cl.NO.O=CO[O-].O=S(=O)(Cl)c1ccccc1.O=S(Cl)Cl.[H-].[Na+].[Na+]. The second-order valence-corrected chi connectivity index (χ2v) is 42.3. The van der Waals surface area contributed by atoms with Crippen molar-refractivity contribution >= 4 is 193 Å². The minimum atomic E-state index is -3.53. The first-order valence-corrected chi connectivity index (χ1v) is 52.9. The quantitative estimate of drug-likeness (QED) is 0.0204. The third kappa shape index (κ3) is 44.3. The minimum absolute atomic E-state index is 0. The number of hydrogen-bond donors (Lipinski definition) is 5. The summed E-state index contributed by atoms with van der Waals surface area (Å²) in [6.07, 6.45) is 27.6. The molecule has 13 heterocycles. The number of carbonyl (C=O) groups is 4. The van der Waals surface area contributed by atoms with Crippen LogP contribution in [0.2, 0.25) is 0 Å². The molecule has 0 radical (unpaired) electrons. The summed E-state index contributed by atoms with van der Waals surface area (Å²) in [5, 5.41) is 34.7. The van der Waals surface area contributed by atoms with Crippen molar-refractivity contribution in [2.45, 2.75) is 202 Å². The number of aryl methyl sites for hydroxylation is 2. The van der Waals surface area contributed by atoms with Crippen molar-refractivity contribution < 1.29 is 113 Å². The number of pyridine rings is 3. The van der Waals surface area contributed by atoms with Gasteiger partial charge in [0, 0.05) is 161 Å². The minimum Gasteiger partial charge on any atom is -1.00 e. The third-order valence-corrected chi connectivity index (χ3v) is 25.9. The monoisotopic (exact) mass is 2300 g/mol. The first-order valence-electron chi connectivity index (χ1n) is 46.2. The molecule has 6 aliphatic heterocycles. The summed E-state index contributed by atoms with van der Waals surface area (Å²) in [4.78, 5) is 124. The van der Waals surface area contributed by atoms with Gasteiger partial charge in [0.05, 0.1) is 54.2 Å². The zero-order valence-electron chi connectivity index (χ0n) is 84.1. The number of terminal acetylenes is 1. The molecule has 8 unspecified atom stereocenters. The molecule has 2 saturated heterocycles. The fourth-order valence-corrected chi connectivity index (χ4v) is 17.4. The smallest absolute Gasteiger partial charge is 1.00 e. The number of amides is 2. The summed E-state index contributed by atoms with van der Waals surface area (Å²) in [6.45, 7) is 22.0. The van der Waals surface area contributed by atoms with Crippen molar-refractivity contribution in [3.05, 3.63) is 278 Å². The van der Waals surface area contributed by atoms with Crippen LogP contribution in [0.4, 0.5) is 0 Å². The first-order chi connectivity index (χ1) is 67.6. The van der Waals surface area contributed by atoms with Gasteiger partial charge in [-0.1, -0.05) is 147 Å². The van der Waals surface area contributed by atoms with Gasteiger partial charge in [0.25, 0.3) is 37.8 Å². The number of rotatable bonds is 2. The number of carbonyl (C=O) groups excluding carboxylic acids is 4. The Balaban J connectivity index is 0.000000559. The molecule has 42 heteroatoms. The van der Waals surface area contributed by atoms with Crippen LogP contribution in [0.1, 0.15) is 198 Å². The second-order valence-electron chi connectivity index (χ2n) is 35.3. The molecule has 30 nitrogen and oxygen atoms in total. The van der Waals surface area contributed by atoms with Gasteiger partial charge in [0.2, 0.25) is 21.0 Å². The van der Waals surface area contributed by atoms with Crippen LogP contribution in [0.5, 0.6) is 0 Å². The number of nitrogens with two attached hydrogens (primary N) is 1. The van der Waals surface area contributed by atoms with Crippen molar-refractivity contribution in [1.82, 2.24) is 63.8 Å². The molecule has 7 aromatic heterocycles. The molecule has 5 aromatic carbocycles. The van der Waals surface area contributed by atoms with Crippen molar-refractivity contribution in [3.8, 4) is 36.0 Å². The second kappa shape index (κ2) is 68.7. The van der Waals surface area contributed by atoms with E-state index in [9.17, 15) is 42.0 Å². The summed E-state index contributed by atoms with van der Waals surface area (Å²) < 4.78 is 39.5. The van der Waals surface area contributed by atoms with E-state index in [1.165, 1.54) is 18.6 Å². The number of ketones is 1. The summed E-state index contributed by atoms with van der Waals surface area (Å²) in [7, 11) is 8.86. The fraction of sp³-hybridized carbons (Fsp3) is 0.385. The van der Waals surface area contributed by atoms with Crippen LogP contribution in [0.3, 0.4) is 0 Å². The number of fused-ring (bicyclic) bond motifs is 8. The number of aromatic nitrogens is 11. The number of nitrogens with zero attached hydrogens (tertiary/aromatic N) is 12. The normalized spacial score (nSPS) is 18.1. The molecule has 0 spiro atoms. The van der Waals surface area contributed by atoms with Gasteiger partial charge in [-0.05, 0) is 245 Å². The Bertz CT molecular complexity index is 6870. The van der Waals surface area contributed by atoms with Gasteiger partial charge in [-0.3, -0.25) is 56.6 Å². The van der Waals surface area contributed by atoms with E-state index in [-0.39, 0.29) is 143 Å². The van der Waals surface area contributed by atoms with Gasteiger partial charge in [-0.25, -0.2) is 53.4 Å². The summed E-state index contributed by atoms with van der Waals surface area (Å²) in [6, 6.07) is 47.2. The van der Waals surface area contributed by atoms with E-state index < -0.39 is 18.3 Å². The topological polar surface area (TPSA) is 433 Å². The van der Waals surface area contributed by atoms with Crippen molar-refractivity contribution in [1.29, 1.82) is 0 Å². The maximum absolute atomic E-state index is 12.7. The van der Waals surface area contributed by atoms with E-state index in [0.29, 0.717) is 74.4 Å². The van der Waals surface area contributed by atoms with Gasteiger partial charge in [0.15, 0.2) is 0 Å². The van der Waals surface area contributed by atoms with E-state index in [2.05, 4.69) is 190 Å². The van der Waals surface area contributed by atoms with Gasteiger partial charge < -0.3 is 32.6 Å². The number of nitrogens with one attached hydrogen (secondary N) is 2. The Morgan fingerprint density at radius 2 is 0.856 bits per heavy atom. The van der Waals surface area contributed by atoms with E-state index in [0.717, 1.165) is 237 Å². The van der Waals surface area contributed by atoms with E-state index in [4.69, 9.17) is 51.7 Å². The Labute approximate surface area is 947 Å². The van der Waals surface area contributed by atoms with Crippen molar-refractivity contribution in [2.75, 3.05) is 13.1 Å². The first kappa shape index (κ1) is 131. The predicted molar refractivity (Wildman–Crippen MR) is 580 cm³/mol. The molecule has 4 fully saturated rings. The summed E-state index contributed by atoms with van der Waals surface area (Å²) in [5.41, 5.74) is 8.17. The van der Waals surface area contributed by atoms with E-state index in [1.807, 2.05) is 140 Å². The van der Waals surface area contributed by atoms with Crippen LogP contribution in [-0.2, 0) is 94.2 Å². The number of hydrogen-bond acceptors (Lipinski definition) is 24. The number of piperidine rings is 2. The number of halogens is 8. The molecule has 12 aromatic rings. The summed E-state index contributed by atoms with van der Waals surface area (Å²) in [5.74, 6) is 27.7. The van der Waals surface area contributed by atoms with Crippen LogP contribution in [0.15, 0.2) is 214 Å². The molecule has 146 heavy (non-hydrogen) atoms. The van der Waals surface area contributed by atoms with Crippen LogP contribution in [0.25, 0.3) is 43.6 Å². The average molecular weight is 2300 g/mol. The molecule has 2 aliphatic carbocycles. The van der Waals surface area contributed by atoms with Gasteiger partial charge in [-0.15, -0.1) is 43.6 Å². The number of benzene rings is 5. The van der Waals surface area contributed by atoms with Gasteiger partial charge in [0.1, 0.15) is 46.2 Å². The summed E-state index contributed by atoms with van der Waals surface area (Å²) >= 11 is 6.83. The zero-order chi connectivity index (χ0) is 103. The van der Waals surface area contributed by atoms with E-state index >= 15 is 0 Å². The van der Waals surface area contributed by atoms with Crippen LogP contribution in [-0.4, -0.2) is 119 Å². The molecule has 8 aliphatic rings. The van der Waals surface area contributed by atoms with Gasteiger partial charge >= 0.3 is 59.1 Å². The largest absolute Gasteiger partial charge is 1.00 e. The van der Waals surface area contributed by atoms with Crippen molar-refractivity contribution in [3.63, 3.8) is 0 Å². The molecular weight excluding hydrogens is 2180 g/mol. The Morgan fingerprint density at radius 3 is 1.17 bits per heavy atom. The number of oxime groups is 1. The molecule has 2 amide bonds. The number of Topliss-reactive ketones (excluding diaryl/α,β-unsaturated/α-hetero) is 1. The molecule has 0 bridgehead atoms. The average Bonchev–Trinajstić information content (AvgIpc) is 1.14. The standard InChI is InChI=1S/2C20H17N3O.2C13H13BrN2O.C7H5N.C6H5ClO2S.3C6H11NO.C6H10O.CH2O3.Cl2OS.3ClH.H3NO.2Na.H/c1-14-5-10-19-22-18-12-15(6-8-16-4-2-3-11-21-16)7-9-17(18)20(24)23(19)13-14;1-14-9-11-23-19(12-14)22-18-13-15(6-8-17(18)20(23)24)5-7-16-4-2-3-10-21-16;1-8-2-5-12-15-11-6-9(14)3-4-10(11)13(17)16(12)7-8;1-8-4-5-16-12(6-8)15-11-7-9(14)2-3-10(11)13(16)17;1-2-7-5-3-4-6-8-7;7-10(8,9)6-4-2-1-3-5-6;1-5-2-3-7-6(8)4-5;1-5-2-3-6(8)7-4-5;1-5-2-3-6(4-5)7-8;1-5-2-3-6(7)4-5;2-1-4-3;1-4(2)3;;;;1-2;;;/h2-4,7,9,11-12,14H,5,10,13H2,1H3;2-4,6,8,10,13-14H,9,11-12H2,1H3;3-4,6,8H,2,5,7H2,1H3;2-3,7-8H,4-6H2,1H3;1,3-6H;1-5H;2*5H,2-4H2,1H3,(H,7,8);5,8H,2-4H2,1H3;5H,2-4H2,1H3;1,3H;;3*1H;2H,1H2;;;/q;;;;;;;;;;;;;;;;2*+1;-1/p-1/b;;;;;;;;7-6-;;;;;;;;;;.